The van der Waals surface area contributed by atoms with E-state index in [-0.39, 0.29) is 5.84 Å². The van der Waals surface area contributed by atoms with Gasteiger partial charge in [-0.05, 0) is 18.6 Å². The second kappa shape index (κ2) is 4.96. The predicted octanol–water partition coefficient (Wildman–Crippen LogP) is -0.263. The van der Waals surface area contributed by atoms with E-state index in [2.05, 4.69) is 15.4 Å². The van der Waals surface area contributed by atoms with Crippen molar-refractivity contribution in [2.75, 3.05) is 24.6 Å². The van der Waals surface area contributed by atoms with Crippen LogP contribution in [0.4, 0.5) is 5.82 Å². The third kappa shape index (κ3) is 2.62. The molecule has 7 nitrogen and oxygen atoms in total. The van der Waals surface area contributed by atoms with E-state index >= 15 is 0 Å². The van der Waals surface area contributed by atoms with Gasteiger partial charge in [0.05, 0.1) is 19.3 Å². The maximum absolute atomic E-state index is 8.62. The number of amidine groups is 1. The van der Waals surface area contributed by atoms with E-state index in [1.54, 1.807) is 6.20 Å². The quantitative estimate of drug-likeness (QED) is 0.318. The van der Waals surface area contributed by atoms with Gasteiger partial charge >= 0.3 is 0 Å². The van der Waals surface area contributed by atoms with Crippen molar-refractivity contribution in [1.29, 1.82) is 0 Å². The van der Waals surface area contributed by atoms with Gasteiger partial charge in [0.2, 0.25) is 0 Å². The number of ether oxygens (including phenoxy) is 1. The largest absolute Gasteiger partial charge is 0.409 e. The van der Waals surface area contributed by atoms with E-state index in [4.69, 9.17) is 15.7 Å². The zero-order valence-corrected chi connectivity index (χ0v) is 9.58. The number of oxime groups is 1. The lowest BCUT2D eigenvalue weighted by Gasteiger charge is -2.32. The number of hydrogen-bond acceptors (Lipinski definition) is 6. The Bertz CT molecular complexity index is 423. The first-order valence-corrected chi connectivity index (χ1v) is 5.34. The molecule has 1 fully saturated rings. The number of hydrogen-bond donors (Lipinski definition) is 2. The molecule has 1 atom stereocenters. The fourth-order valence-electron chi connectivity index (χ4n) is 1.70. The zero-order chi connectivity index (χ0) is 12.3. The van der Waals surface area contributed by atoms with Crippen molar-refractivity contribution in [2.45, 2.75) is 13.0 Å². The average Bonchev–Trinajstić information content (AvgIpc) is 2.38. The van der Waals surface area contributed by atoms with Crippen molar-refractivity contribution in [3.05, 3.63) is 17.8 Å². The molecule has 0 spiro atoms. The summed E-state index contributed by atoms with van der Waals surface area (Å²) in [6.45, 7) is 3.69. The smallest absolute Gasteiger partial charge is 0.170 e. The molecule has 17 heavy (non-hydrogen) atoms. The minimum atomic E-state index is -0.406. The minimum absolute atomic E-state index is 0.0790. The van der Waals surface area contributed by atoms with Crippen LogP contribution in [0.1, 0.15) is 5.56 Å². The molecule has 0 radical (unpaired) electrons. The Morgan fingerprint density at radius 3 is 3.24 bits per heavy atom. The summed E-state index contributed by atoms with van der Waals surface area (Å²) in [4.78, 5) is 2.01. The lowest BCUT2D eigenvalue weighted by Crippen LogP contribution is -2.48. The predicted molar refractivity (Wildman–Crippen MR) is 62.1 cm³/mol. The van der Waals surface area contributed by atoms with Gasteiger partial charge in [0.1, 0.15) is 6.10 Å². The van der Waals surface area contributed by atoms with Gasteiger partial charge in [-0.25, -0.2) is 0 Å². The van der Waals surface area contributed by atoms with Crippen LogP contribution < -0.4 is 10.6 Å². The molecule has 7 heteroatoms. The second-order valence-corrected chi connectivity index (χ2v) is 3.92. The average molecular weight is 237 g/mol. The molecular weight excluding hydrogens is 222 g/mol. The van der Waals surface area contributed by atoms with Crippen LogP contribution in [-0.4, -0.2) is 47.0 Å². The SMILES string of the molecule is Cc1cnnc(N2CCOC(C(N)=NO)C2)c1. The molecule has 0 saturated carbocycles. The number of morpholine rings is 1. The molecule has 1 aromatic rings. The number of anilines is 1. The molecule has 3 N–H and O–H groups in total. The maximum atomic E-state index is 8.62. The third-order valence-corrected chi connectivity index (χ3v) is 2.61. The molecule has 2 rings (SSSR count). The van der Waals surface area contributed by atoms with Gasteiger partial charge in [0.15, 0.2) is 11.7 Å². The van der Waals surface area contributed by atoms with E-state index in [1.807, 2.05) is 17.9 Å². The van der Waals surface area contributed by atoms with Crippen LogP contribution in [0.15, 0.2) is 17.4 Å². The highest BCUT2D eigenvalue weighted by atomic mass is 16.5. The number of nitrogens with zero attached hydrogens (tertiary/aromatic N) is 4. The first kappa shape index (κ1) is 11.6. The number of aryl methyl sites for hydroxylation is 1. The van der Waals surface area contributed by atoms with E-state index in [9.17, 15) is 0 Å². The lowest BCUT2D eigenvalue weighted by molar-refractivity contribution is 0.0803. The molecule has 1 unspecified atom stereocenters. The van der Waals surface area contributed by atoms with Crippen molar-refractivity contribution < 1.29 is 9.94 Å². The summed E-state index contributed by atoms with van der Waals surface area (Å²) in [5.74, 6) is 0.861. The van der Waals surface area contributed by atoms with Gasteiger partial charge < -0.3 is 20.6 Å². The Morgan fingerprint density at radius 2 is 2.53 bits per heavy atom. The molecule has 2 heterocycles. The van der Waals surface area contributed by atoms with Crippen LogP contribution in [0.25, 0.3) is 0 Å². The highest BCUT2D eigenvalue weighted by Crippen LogP contribution is 2.15. The fourth-order valence-corrected chi connectivity index (χ4v) is 1.70. The van der Waals surface area contributed by atoms with Crippen molar-refractivity contribution in [3.8, 4) is 0 Å². The standard InChI is InChI=1S/C10H15N5O2/c1-7-4-9(13-12-5-7)15-2-3-17-8(6-15)10(11)14-16/h4-5,8,16H,2-3,6H2,1H3,(H2,11,14). The number of nitrogens with two attached hydrogens (primary N) is 1. The molecule has 0 aromatic carbocycles. The van der Waals surface area contributed by atoms with Crippen molar-refractivity contribution in [2.24, 2.45) is 10.9 Å². The molecule has 0 amide bonds. The Balaban J connectivity index is 2.12. The monoisotopic (exact) mass is 237 g/mol. The highest BCUT2D eigenvalue weighted by molar-refractivity contribution is 5.85. The molecule has 92 valence electrons. The molecule has 1 aromatic heterocycles. The van der Waals surface area contributed by atoms with E-state index in [0.29, 0.717) is 19.7 Å². The molecule has 1 aliphatic rings. The van der Waals surface area contributed by atoms with Crippen LogP contribution in [0.5, 0.6) is 0 Å². The van der Waals surface area contributed by atoms with Gasteiger partial charge in [0, 0.05) is 6.54 Å². The lowest BCUT2D eigenvalue weighted by atomic mass is 10.2. The molecule has 1 saturated heterocycles. The van der Waals surface area contributed by atoms with Gasteiger partial charge in [-0.3, -0.25) is 0 Å². The first-order valence-electron chi connectivity index (χ1n) is 5.34. The summed E-state index contributed by atoms with van der Waals surface area (Å²) in [5.41, 5.74) is 6.57. The zero-order valence-electron chi connectivity index (χ0n) is 9.58. The molecule has 0 bridgehead atoms. The summed E-state index contributed by atoms with van der Waals surface area (Å²) in [7, 11) is 0. The molecular formula is C10H15N5O2. The number of rotatable bonds is 2. The van der Waals surface area contributed by atoms with Crippen LogP contribution in [0.3, 0.4) is 0 Å². The Kier molecular flexibility index (Phi) is 3.38. The topological polar surface area (TPSA) is 96.9 Å². The van der Waals surface area contributed by atoms with Gasteiger partial charge in [-0.1, -0.05) is 5.16 Å². The van der Waals surface area contributed by atoms with Gasteiger partial charge in [-0.15, -0.1) is 5.10 Å². The fraction of sp³-hybridized carbons (Fsp3) is 0.500. The van der Waals surface area contributed by atoms with Crippen LogP contribution in [-0.2, 0) is 4.74 Å². The first-order chi connectivity index (χ1) is 8.20. The Hall–Kier alpha value is -1.89. The summed E-state index contributed by atoms with van der Waals surface area (Å²) in [6.07, 6.45) is 1.29. The van der Waals surface area contributed by atoms with Crippen molar-refractivity contribution >= 4 is 11.7 Å². The normalized spacial score (nSPS) is 21.6. The van der Waals surface area contributed by atoms with Crippen LogP contribution >= 0.6 is 0 Å². The maximum Gasteiger partial charge on any atom is 0.170 e. The Labute approximate surface area is 98.9 Å². The van der Waals surface area contributed by atoms with Gasteiger partial charge in [-0.2, -0.15) is 5.10 Å². The summed E-state index contributed by atoms with van der Waals surface area (Å²) >= 11 is 0. The van der Waals surface area contributed by atoms with Crippen LogP contribution in [0.2, 0.25) is 0 Å². The third-order valence-electron chi connectivity index (χ3n) is 2.61. The second-order valence-electron chi connectivity index (χ2n) is 3.92. The van der Waals surface area contributed by atoms with Crippen LogP contribution in [0, 0.1) is 6.92 Å². The molecule has 1 aliphatic heterocycles. The summed E-state index contributed by atoms with van der Waals surface area (Å²) in [5, 5.41) is 19.6. The van der Waals surface area contributed by atoms with Gasteiger partial charge in [0.25, 0.3) is 0 Å². The highest BCUT2D eigenvalue weighted by Gasteiger charge is 2.24. The van der Waals surface area contributed by atoms with E-state index in [1.165, 1.54) is 0 Å². The summed E-state index contributed by atoms with van der Waals surface area (Å²) < 4.78 is 5.41. The minimum Gasteiger partial charge on any atom is -0.409 e. The molecule has 0 aliphatic carbocycles. The van der Waals surface area contributed by atoms with E-state index < -0.39 is 6.10 Å². The summed E-state index contributed by atoms with van der Waals surface area (Å²) in [6, 6.07) is 1.95. The van der Waals surface area contributed by atoms with Crippen molar-refractivity contribution in [1.82, 2.24) is 10.2 Å². The number of aromatic nitrogens is 2. The van der Waals surface area contributed by atoms with E-state index in [0.717, 1.165) is 11.4 Å². The van der Waals surface area contributed by atoms with Crippen molar-refractivity contribution in [3.63, 3.8) is 0 Å². The Morgan fingerprint density at radius 1 is 1.71 bits per heavy atom.